The number of hydrogen-bond donors (Lipinski definition) is 0. The van der Waals surface area contributed by atoms with Crippen molar-refractivity contribution in [3.8, 4) is 17.1 Å². The van der Waals surface area contributed by atoms with Gasteiger partial charge in [0.05, 0.1) is 32.5 Å². The molecular weight excluding hydrogens is 518 g/mol. The average molecular weight is 556 g/mol. The maximum absolute atomic E-state index is 6.00. The molecule has 2 aliphatic heterocycles. The van der Waals surface area contributed by atoms with Crippen LogP contribution in [0.3, 0.4) is 0 Å². The van der Waals surface area contributed by atoms with Gasteiger partial charge >= 0.3 is 0 Å². The van der Waals surface area contributed by atoms with E-state index in [1.54, 1.807) is 7.11 Å². The summed E-state index contributed by atoms with van der Waals surface area (Å²) in [6.45, 7) is 6.08. The lowest BCUT2D eigenvalue weighted by Gasteiger charge is -2.39. The van der Waals surface area contributed by atoms with Gasteiger partial charge in [0, 0.05) is 38.3 Å². The highest BCUT2D eigenvalue weighted by Crippen LogP contribution is 2.30. The fourth-order valence-electron chi connectivity index (χ4n) is 5.88. The Bertz CT molecular complexity index is 1380. The van der Waals surface area contributed by atoms with Crippen molar-refractivity contribution in [3.63, 3.8) is 0 Å². The van der Waals surface area contributed by atoms with Crippen LogP contribution in [0.25, 0.3) is 11.4 Å². The molecule has 7 nitrogen and oxygen atoms in total. The second-order valence-electron chi connectivity index (χ2n) is 10.6. The zero-order chi connectivity index (χ0) is 27.3. The van der Waals surface area contributed by atoms with E-state index in [1.807, 2.05) is 16.8 Å². The molecule has 0 saturated carbocycles. The summed E-state index contributed by atoms with van der Waals surface area (Å²) in [6, 6.07) is 30.0. The molecule has 0 amide bonds. The molecule has 1 aromatic heterocycles. The number of methoxy groups -OCH3 is 1. The summed E-state index contributed by atoms with van der Waals surface area (Å²) >= 11 is 6.00. The van der Waals surface area contributed by atoms with Crippen LogP contribution in [0.2, 0.25) is 0 Å². The number of benzene rings is 3. The van der Waals surface area contributed by atoms with Gasteiger partial charge < -0.3 is 9.47 Å². The predicted octanol–water partition coefficient (Wildman–Crippen LogP) is 5.63. The molecule has 2 saturated heterocycles. The van der Waals surface area contributed by atoms with Crippen molar-refractivity contribution in [1.82, 2.24) is 24.1 Å². The lowest BCUT2D eigenvalue weighted by atomic mass is 9.96. The summed E-state index contributed by atoms with van der Waals surface area (Å²) in [4.78, 5) is 5.06. The maximum Gasteiger partial charge on any atom is 0.199 e. The molecule has 40 heavy (non-hydrogen) atoms. The van der Waals surface area contributed by atoms with Crippen LogP contribution in [0.5, 0.6) is 5.75 Å². The van der Waals surface area contributed by atoms with Crippen LogP contribution in [0.15, 0.2) is 84.9 Å². The van der Waals surface area contributed by atoms with E-state index in [0.29, 0.717) is 6.67 Å². The fraction of sp³-hybridized carbons (Fsp3) is 0.375. The van der Waals surface area contributed by atoms with Gasteiger partial charge in [-0.1, -0.05) is 60.7 Å². The Morgan fingerprint density at radius 1 is 0.900 bits per heavy atom. The van der Waals surface area contributed by atoms with E-state index >= 15 is 0 Å². The standard InChI is InChI=1S/C32H37N5O2S/c1-38-28-16-14-27(15-17-28)31-33-37(32(40)36(31)23-29-13-8-22-39-29)24-34-18-20-35(21-19-34)30(25-9-4-2-5-10-25)26-11-6-3-7-12-26/h2-7,9-12,14-17,29-30H,8,13,18-24H2,1H3. The van der Waals surface area contributed by atoms with Crippen molar-refractivity contribution in [2.24, 2.45) is 0 Å². The van der Waals surface area contributed by atoms with E-state index in [1.165, 1.54) is 11.1 Å². The molecule has 1 unspecified atom stereocenters. The molecule has 0 N–H and O–H groups in total. The monoisotopic (exact) mass is 555 g/mol. The molecule has 2 fully saturated rings. The smallest absolute Gasteiger partial charge is 0.199 e. The number of piperazine rings is 1. The highest BCUT2D eigenvalue weighted by molar-refractivity contribution is 7.71. The topological polar surface area (TPSA) is 47.7 Å². The normalized spacial score (nSPS) is 18.4. The SMILES string of the molecule is COc1ccc(-c2nn(CN3CCN(C(c4ccccc4)c4ccccc4)CC3)c(=S)n2CC2CCCO2)cc1. The minimum atomic E-state index is 0.179. The maximum atomic E-state index is 6.00. The lowest BCUT2D eigenvalue weighted by Crippen LogP contribution is -2.48. The van der Waals surface area contributed by atoms with Crippen LogP contribution in [-0.4, -0.2) is 70.1 Å². The second kappa shape index (κ2) is 12.5. The summed E-state index contributed by atoms with van der Waals surface area (Å²) in [6.07, 6.45) is 2.33. The molecule has 3 aromatic carbocycles. The van der Waals surface area contributed by atoms with Crippen LogP contribution >= 0.6 is 12.2 Å². The van der Waals surface area contributed by atoms with E-state index in [9.17, 15) is 0 Å². The van der Waals surface area contributed by atoms with Gasteiger partial charge in [0.2, 0.25) is 0 Å². The lowest BCUT2D eigenvalue weighted by molar-refractivity contribution is 0.0834. The molecular formula is C32H37N5O2S. The molecule has 1 atom stereocenters. The first kappa shape index (κ1) is 26.9. The highest BCUT2D eigenvalue weighted by atomic mass is 32.1. The van der Waals surface area contributed by atoms with Crippen LogP contribution in [0, 0.1) is 4.77 Å². The van der Waals surface area contributed by atoms with Crippen LogP contribution in [-0.2, 0) is 18.0 Å². The minimum Gasteiger partial charge on any atom is -0.497 e. The Kier molecular flexibility index (Phi) is 8.39. The van der Waals surface area contributed by atoms with Gasteiger partial charge in [-0.2, -0.15) is 5.10 Å². The van der Waals surface area contributed by atoms with Crippen LogP contribution in [0.4, 0.5) is 0 Å². The molecule has 0 spiro atoms. The molecule has 0 radical (unpaired) electrons. The van der Waals surface area contributed by atoms with E-state index in [4.69, 9.17) is 26.8 Å². The molecule has 6 rings (SSSR count). The van der Waals surface area contributed by atoms with Crippen molar-refractivity contribution < 1.29 is 9.47 Å². The first-order valence-electron chi connectivity index (χ1n) is 14.2. The third-order valence-corrected chi connectivity index (χ3v) is 8.45. The molecule has 0 bridgehead atoms. The Hall–Kier alpha value is -3.30. The quantitative estimate of drug-likeness (QED) is 0.250. The minimum absolute atomic E-state index is 0.179. The molecule has 208 valence electrons. The van der Waals surface area contributed by atoms with E-state index in [-0.39, 0.29) is 12.1 Å². The highest BCUT2D eigenvalue weighted by Gasteiger charge is 2.27. The zero-order valence-corrected chi connectivity index (χ0v) is 23.9. The van der Waals surface area contributed by atoms with E-state index in [0.717, 1.165) is 74.1 Å². The summed E-state index contributed by atoms with van der Waals surface area (Å²) in [5.41, 5.74) is 3.70. The van der Waals surface area contributed by atoms with E-state index in [2.05, 4.69) is 87.2 Å². The van der Waals surface area contributed by atoms with Gasteiger partial charge in [-0.25, -0.2) is 4.68 Å². The third kappa shape index (κ3) is 5.90. The zero-order valence-electron chi connectivity index (χ0n) is 23.1. The van der Waals surface area contributed by atoms with Crippen LogP contribution in [0.1, 0.15) is 30.0 Å². The number of hydrogen-bond acceptors (Lipinski definition) is 6. The molecule has 8 heteroatoms. The Labute approximate surface area is 241 Å². The number of aromatic nitrogens is 3. The summed E-state index contributed by atoms with van der Waals surface area (Å²) < 4.78 is 16.2. The van der Waals surface area contributed by atoms with Crippen molar-refractivity contribution in [2.75, 3.05) is 39.9 Å². The van der Waals surface area contributed by atoms with Crippen molar-refractivity contribution >= 4 is 12.2 Å². The first-order valence-corrected chi connectivity index (χ1v) is 14.6. The molecule has 4 aromatic rings. The van der Waals surface area contributed by atoms with Crippen molar-refractivity contribution in [3.05, 3.63) is 101 Å². The van der Waals surface area contributed by atoms with Gasteiger partial charge in [-0.05, 0) is 60.5 Å². The predicted molar refractivity (Wildman–Crippen MR) is 160 cm³/mol. The average Bonchev–Trinajstić information content (AvgIpc) is 3.64. The largest absolute Gasteiger partial charge is 0.497 e. The van der Waals surface area contributed by atoms with Gasteiger partial charge in [-0.15, -0.1) is 0 Å². The molecule has 2 aliphatic rings. The Balaban J connectivity index is 1.20. The Morgan fingerprint density at radius 3 is 2.12 bits per heavy atom. The van der Waals surface area contributed by atoms with Crippen LogP contribution < -0.4 is 4.74 Å². The van der Waals surface area contributed by atoms with Gasteiger partial charge in [0.15, 0.2) is 10.6 Å². The van der Waals surface area contributed by atoms with E-state index < -0.39 is 0 Å². The second-order valence-corrected chi connectivity index (χ2v) is 11.0. The number of ether oxygens (including phenoxy) is 2. The van der Waals surface area contributed by atoms with Gasteiger partial charge in [0.1, 0.15) is 5.75 Å². The fourth-order valence-corrected chi connectivity index (χ4v) is 6.14. The molecule has 3 heterocycles. The first-order chi connectivity index (χ1) is 19.7. The van der Waals surface area contributed by atoms with Crippen molar-refractivity contribution in [1.29, 1.82) is 0 Å². The summed E-state index contributed by atoms with van der Waals surface area (Å²) in [5, 5.41) is 5.04. The molecule has 0 aliphatic carbocycles. The number of nitrogens with zero attached hydrogens (tertiary/aromatic N) is 5. The van der Waals surface area contributed by atoms with Gasteiger partial charge in [0.25, 0.3) is 0 Å². The van der Waals surface area contributed by atoms with Gasteiger partial charge in [-0.3, -0.25) is 14.4 Å². The Morgan fingerprint density at radius 2 is 1.55 bits per heavy atom. The summed E-state index contributed by atoms with van der Waals surface area (Å²) in [5.74, 6) is 1.71. The number of rotatable bonds is 9. The summed E-state index contributed by atoms with van der Waals surface area (Å²) in [7, 11) is 1.68. The third-order valence-electron chi connectivity index (χ3n) is 8.02. The van der Waals surface area contributed by atoms with Crippen molar-refractivity contribution in [2.45, 2.75) is 38.2 Å².